The molecule has 0 bridgehead atoms. The van der Waals surface area contributed by atoms with Crippen LogP contribution in [0.4, 0.5) is 14.5 Å². The fraction of sp³-hybridized carbons (Fsp3) is 0.500. The molecule has 19 heavy (non-hydrogen) atoms. The molecule has 1 aliphatic rings. The third-order valence-corrected chi connectivity index (χ3v) is 3.67. The Morgan fingerprint density at radius 3 is 2.37 bits per heavy atom. The molecule has 0 unspecified atom stereocenters. The minimum atomic E-state index is -1.34. The van der Waals surface area contributed by atoms with Gasteiger partial charge in [-0.1, -0.05) is 13.3 Å². The molecule has 0 aromatic heterocycles. The molecule has 104 valence electrons. The lowest BCUT2D eigenvalue weighted by atomic mass is 10.0. The lowest BCUT2D eigenvalue weighted by Crippen LogP contribution is -2.17. The molecule has 2 N–H and O–H groups in total. The molecule has 2 rings (SSSR count). The number of carboxylic acids is 1. The van der Waals surface area contributed by atoms with Crippen LogP contribution in [0.2, 0.25) is 0 Å². The first-order valence-corrected chi connectivity index (χ1v) is 6.44. The fourth-order valence-electron chi connectivity index (χ4n) is 2.36. The molecule has 0 amide bonds. The summed E-state index contributed by atoms with van der Waals surface area (Å²) in [6, 6.07) is 1.68. The second-order valence-electron chi connectivity index (χ2n) is 5.22. The van der Waals surface area contributed by atoms with E-state index in [1.807, 2.05) is 0 Å². The van der Waals surface area contributed by atoms with E-state index in [2.05, 4.69) is 12.2 Å². The SMILES string of the molecule is CCCC1(CNc2c(F)cc(C(=O)O)cc2F)CC1. The maximum atomic E-state index is 13.7. The largest absolute Gasteiger partial charge is 0.478 e. The molecule has 0 aliphatic heterocycles. The number of halogens is 2. The highest BCUT2D eigenvalue weighted by Crippen LogP contribution is 2.49. The molecule has 1 aromatic rings. The van der Waals surface area contributed by atoms with E-state index in [0.29, 0.717) is 6.54 Å². The molecular weight excluding hydrogens is 252 g/mol. The van der Waals surface area contributed by atoms with Gasteiger partial charge in [-0.2, -0.15) is 0 Å². The standard InChI is InChI=1S/C14H17F2NO2/c1-2-3-14(4-5-14)8-17-12-10(15)6-9(13(18)19)7-11(12)16/h6-7,17H,2-5,8H2,1H3,(H,18,19). The van der Waals surface area contributed by atoms with Crippen molar-refractivity contribution in [2.24, 2.45) is 5.41 Å². The number of carboxylic acid groups (broad SMARTS) is 1. The summed E-state index contributed by atoms with van der Waals surface area (Å²) in [7, 11) is 0. The first-order valence-electron chi connectivity index (χ1n) is 6.44. The molecular formula is C14H17F2NO2. The predicted molar refractivity (Wildman–Crippen MR) is 68.4 cm³/mol. The van der Waals surface area contributed by atoms with Crippen LogP contribution in [0.3, 0.4) is 0 Å². The van der Waals surface area contributed by atoms with Crippen molar-refractivity contribution < 1.29 is 18.7 Å². The first-order chi connectivity index (χ1) is 8.97. The Morgan fingerprint density at radius 1 is 1.37 bits per heavy atom. The zero-order chi connectivity index (χ0) is 14.0. The Labute approximate surface area is 110 Å². The molecule has 0 heterocycles. The van der Waals surface area contributed by atoms with E-state index in [4.69, 9.17) is 5.11 Å². The summed E-state index contributed by atoms with van der Waals surface area (Å²) in [5, 5.41) is 11.5. The van der Waals surface area contributed by atoms with E-state index in [9.17, 15) is 13.6 Å². The number of benzene rings is 1. The molecule has 0 atom stereocenters. The second kappa shape index (κ2) is 5.15. The highest BCUT2D eigenvalue weighted by Gasteiger charge is 2.41. The third kappa shape index (κ3) is 3.03. The third-order valence-electron chi connectivity index (χ3n) is 3.67. The number of hydrogen-bond donors (Lipinski definition) is 2. The van der Waals surface area contributed by atoms with Crippen molar-refractivity contribution in [3.63, 3.8) is 0 Å². The van der Waals surface area contributed by atoms with Gasteiger partial charge < -0.3 is 10.4 Å². The minimum absolute atomic E-state index is 0.166. The molecule has 0 saturated heterocycles. The smallest absolute Gasteiger partial charge is 0.335 e. The van der Waals surface area contributed by atoms with Crippen LogP contribution in [-0.4, -0.2) is 17.6 Å². The van der Waals surface area contributed by atoms with Crippen LogP contribution in [0, 0.1) is 17.0 Å². The van der Waals surface area contributed by atoms with Gasteiger partial charge in [-0.15, -0.1) is 0 Å². The number of nitrogens with one attached hydrogen (secondary N) is 1. The van der Waals surface area contributed by atoms with Gasteiger partial charge in [0.05, 0.1) is 5.56 Å². The van der Waals surface area contributed by atoms with Crippen LogP contribution < -0.4 is 5.32 Å². The molecule has 0 radical (unpaired) electrons. The van der Waals surface area contributed by atoms with Crippen molar-refractivity contribution in [3.05, 3.63) is 29.3 Å². The molecule has 1 aromatic carbocycles. The van der Waals surface area contributed by atoms with Crippen LogP contribution in [0.25, 0.3) is 0 Å². The Balaban J connectivity index is 2.11. The number of aromatic carboxylic acids is 1. The summed E-state index contributed by atoms with van der Waals surface area (Å²) in [6.07, 6.45) is 4.23. The van der Waals surface area contributed by atoms with Gasteiger partial charge in [0, 0.05) is 6.54 Å². The van der Waals surface area contributed by atoms with Gasteiger partial charge in [0.1, 0.15) is 17.3 Å². The quantitative estimate of drug-likeness (QED) is 0.828. The van der Waals surface area contributed by atoms with E-state index in [-0.39, 0.29) is 16.7 Å². The van der Waals surface area contributed by atoms with Gasteiger partial charge in [0.15, 0.2) is 0 Å². The van der Waals surface area contributed by atoms with Gasteiger partial charge >= 0.3 is 5.97 Å². The van der Waals surface area contributed by atoms with Crippen molar-refractivity contribution >= 4 is 11.7 Å². The van der Waals surface area contributed by atoms with Crippen LogP contribution in [0.5, 0.6) is 0 Å². The zero-order valence-electron chi connectivity index (χ0n) is 10.8. The molecule has 0 spiro atoms. The number of hydrogen-bond acceptors (Lipinski definition) is 2. The highest BCUT2D eigenvalue weighted by atomic mass is 19.1. The van der Waals surface area contributed by atoms with Gasteiger partial charge in [-0.3, -0.25) is 0 Å². The van der Waals surface area contributed by atoms with Crippen LogP contribution >= 0.6 is 0 Å². The van der Waals surface area contributed by atoms with Crippen molar-refractivity contribution in [2.75, 3.05) is 11.9 Å². The van der Waals surface area contributed by atoms with Crippen molar-refractivity contribution in [1.29, 1.82) is 0 Å². The Kier molecular flexibility index (Phi) is 3.73. The summed E-state index contributed by atoms with van der Waals surface area (Å²) in [5.41, 5.74) is -0.443. The summed E-state index contributed by atoms with van der Waals surface area (Å²) in [6.45, 7) is 2.62. The van der Waals surface area contributed by atoms with Crippen molar-refractivity contribution in [1.82, 2.24) is 0 Å². The highest BCUT2D eigenvalue weighted by molar-refractivity contribution is 5.88. The summed E-state index contributed by atoms with van der Waals surface area (Å²) in [4.78, 5) is 10.7. The molecule has 1 fully saturated rings. The molecule has 1 saturated carbocycles. The van der Waals surface area contributed by atoms with Gasteiger partial charge in [0.25, 0.3) is 0 Å². The summed E-state index contributed by atoms with van der Waals surface area (Å²) < 4.78 is 27.4. The second-order valence-corrected chi connectivity index (χ2v) is 5.22. The number of rotatable bonds is 6. The van der Waals surface area contributed by atoms with E-state index in [0.717, 1.165) is 37.8 Å². The Morgan fingerprint density at radius 2 is 1.95 bits per heavy atom. The van der Waals surface area contributed by atoms with E-state index >= 15 is 0 Å². The maximum Gasteiger partial charge on any atom is 0.335 e. The summed E-state index contributed by atoms with van der Waals surface area (Å²) >= 11 is 0. The van der Waals surface area contributed by atoms with Gasteiger partial charge in [0.2, 0.25) is 0 Å². The normalized spacial score (nSPS) is 16.2. The molecule has 3 nitrogen and oxygen atoms in total. The minimum Gasteiger partial charge on any atom is -0.478 e. The van der Waals surface area contributed by atoms with Gasteiger partial charge in [-0.05, 0) is 36.8 Å². The van der Waals surface area contributed by atoms with Crippen LogP contribution in [0.15, 0.2) is 12.1 Å². The van der Waals surface area contributed by atoms with E-state index in [1.54, 1.807) is 0 Å². The van der Waals surface area contributed by atoms with Crippen LogP contribution in [-0.2, 0) is 0 Å². The topological polar surface area (TPSA) is 49.3 Å². The maximum absolute atomic E-state index is 13.7. The van der Waals surface area contributed by atoms with Crippen molar-refractivity contribution in [2.45, 2.75) is 32.6 Å². The molecule has 5 heteroatoms. The Hall–Kier alpha value is -1.65. The van der Waals surface area contributed by atoms with E-state index < -0.39 is 17.6 Å². The number of carbonyl (C=O) groups is 1. The average Bonchev–Trinajstić information content (AvgIpc) is 3.08. The lowest BCUT2D eigenvalue weighted by Gasteiger charge is -2.17. The zero-order valence-corrected chi connectivity index (χ0v) is 10.8. The fourth-order valence-corrected chi connectivity index (χ4v) is 2.36. The monoisotopic (exact) mass is 269 g/mol. The lowest BCUT2D eigenvalue weighted by molar-refractivity contribution is 0.0696. The Bertz CT molecular complexity index is 475. The molecule has 1 aliphatic carbocycles. The van der Waals surface area contributed by atoms with E-state index in [1.165, 1.54) is 0 Å². The van der Waals surface area contributed by atoms with Crippen LogP contribution in [0.1, 0.15) is 43.0 Å². The first kappa shape index (κ1) is 13.8. The predicted octanol–water partition coefficient (Wildman–Crippen LogP) is 3.66. The average molecular weight is 269 g/mol. The van der Waals surface area contributed by atoms with Gasteiger partial charge in [-0.25, -0.2) is 13.6 Å². The number of anilines is 1. The summed E-state index contributed by atoms with van der Waals surface area (Å²) in [5.74, 6) is -3.05. The van der Waals surface area contributed by atoms with Crippen molar-refractivity contribution in [3.8, 4) is 0 Å².